The van der Waals surface area contributed by atoms with Gasteiger partial charge in [0, 0.05) is 18.2 Å². The second kappa shape index (κ2) is 6.17. The van der Waals surface area contributed by atoms with Crippen molar-refractivity contribution in [1.82, 2.24) is 4.98 Å². The van der Waals surface area contributed by atoms with Gasteiger partial charge in [0.05, 0.1) is 29.3 Å². The van der Waals surface area contributed by atoms with Crippen LogP contribution < -0.4 is 4.74 Å². The van der Waals surface area contributed by atoms with E-state index in [2.05, 4.69) is 9.98 Å². The average Bonchev–Trinajstić information content (AvgIpc) is 3.22. The molecule has 130 valence electrons. The Morgan fingerprint density at radius 3 is 2.64 bits per heavy atom. The maximum Gasteiger partial charge on any atom is 0.416 e. The SMILES string of the molecule is FC(F)(F)c1ccc2c(c1)N=C(c1ccncc1OC1CCCC1)C2. The highest BCUT2D eigenvalue weighted by molar-refractivity contribution is 6.08. The van der Waals surface area contributed by atoms with Gasteiger partial charge in [0.25, 0.3) is 0 Å². The summed E-state index contributed by atoms with van der Waals surface area (Å²) in [6.07, 6.45) is 4.01. The van der Waals surface area contributed by atoms with Gasteiger partial charge in [-0.15, -0.1) is 0 Å². The molecule has 0 radical (unpaired) electrons. The lowest BCUT2D eigenvalue weighted by atomic mass is 10.0. The van der Waals surface area contributed by atoms with Gasteiger partial charge in [-0.3, -0.25) is 9.98 Å². The van der Waals surface area contributed by atoms with Gasteiger partial charge in [-0.25, -0.2) is 0 Å². The van der Waals surface area contributed by atoms with E-state index in [0.717, 1.165) is 54.7 Å². The van der Waals surface area contributed by atoms with Crippen LogP contribution in [0, 0.1) is 0 Å². The molecule has 0 atom stereocenters. The molecule has 2 heterocycles. The van der Waals surface area contributed by atoms with E-state index in [0.29, 0.717) is 17.9 Å². The summed E-state index contributed by atoms with van der Waals surface area (Å²) in [6.45, 7) is 0. The van der Waals surface area contributed by atoms with Gasteiger partial charge in [-0.05, 0) is 49.4 Å². The third-order valence-electron chi connectivity index (χ3n) is 4.72. The van der Waals surface area contributed by atoms with Crippen molar-refractivity contribution in [3.8, 4) is 5.75 Å². The second-order valence-corrected chi connectivity index (χ2v) is 6.47. The molecule has 2 aromatic rings. The van der Waals surface area contributed by atoms with E-state index >= 15 is 0 Å². The molecule has 0 saturated heterocycles. The van der Waals surface area contributed by atoms with Crippen molar-refractivity contribution in [1.29, 1.82) is 0 Å². The van der Waals surface area contributed by atoms with E-state index in [1.165, 1.54) is 6.07 Å². The smallest absolute Gasteiger partial charge is 0.416 e. The molecule has 1 aromatic heterocycles. The van der Waals surface area contributed by atoms with Crippen LogP contribution in [0.1, 0.15) is 42.4 Å². The lowest BCUT2D eigenvalue weighted by Gasteiger charge is -2.15. The first-order valence-corrected chi connectivity index (χ1v) is 8.39. The molecule has 0 bridgehead atoms. The molecular weight excluding hydrogens is 329 g/mol. The quantitative estimate of drug-likeness (QED) is 0.775. The van der Waals surface area contributed by atoms with E-state index in [1.54, 1.807) is 12.4 Å². The molecule has 1 aromatic carbocycles. The van der Waals surface area contributed by atoms with Gasteiger partial charge in [0.2, 0.25) is 0 Å². The minimum atomic E-state index is -4.36. The highest BCUT2D eigenvalue weighted by Crippen LogP contribution is 2.37. The van der Waals surface area contributed by atoms with Crippen LogP contribution in [0.3, 0.4) is 0 Å². The van der Waals surface area contributed by atoms with E-state index in [-0.39, 0.29) is 6.10 Å². The predicted molar refractivity (Wildman–Crippen MR) is 88.5 cm³/mol. The number of fused-ring (bicyclic) bond motifs is 1. The molecule has 1 saturated carbocycles. The minimum absolute atomic E-state index is 0.184. The summed E-state index contributed by atoms with van der Waals surface area (Å²) in [5.74, 6) is 0.664. The molecule has 6 heteroatoms. The zero-order valence-electron chi connectivity index (χ0n) is 13.5. The van der Waals surface area contributed by atoms with Crippen LogP contribution >= 0.6 is 0 Å². The van der Waals surface area contributed by atoms with Gasteiger partial charge in [-0.1, -0.05) is 6.07 Å². The first-order chi connectivity index (χ1) is 12.0. The second-order valence-electron chi connectivity index (χ2n) is 6.47. The number of hydrogen-bond donors (Lipinski definition) is 0. The predicted octanol–water partition coefficient (Wildman–Crippen LogP) is 5.10. The molecule has 0 unspecified atom stereocenters. The van der Waals surface area contributed by atoms with Crippen LogP contribution in [0.25, 0.3) is 0 Å². The summed E-state index contributed by atoms with van der Waals surface area (Å²) in [6, 6.07) is 5.55. The van der Waals surface area contributed by atoms with Crippen LogP contribution in [0.15, 0.2) is 41.7 Å². The molecule has 25 heavy (non-hydrogen) atoms. The van der Waals surface area contributed by atoms with Crippen LogP contribution in [0.5, 0.6) is 5.75 Å². The monoisotopic (exact) mass is 346 g/mol. The Bertz CT molecular complexity index is 824. The number of aromatic nitrogens is 1. The molecule has 3 nitrogen and oxygen atoms in total. The van der Waals surface area contributed by atoms with Gasteiger partial charge in [0.15, 0.2) is 0 Å². The Morgan fingerprint density at radius 2 is 1.88 bits per heavy atom. The number of benzene rings is 1. The number of aliphatic imine (C=N–C) groups is 1. The van der Waals surface area contributed by atoms with Crippen molar-refractivity contribution in [3.05, 3.63) is 53.3 Å². The Kier molecular flexibility index (Phi) is 3.98. The number of alkyl halides is 3. The van der Waals surface area contributed by atoms with Crippen molar-refractivity contribution >= 4 is 11.4 Å². The summed E-state index contributed by atoms with van der Waals surface area (Å²) in [5, 5.41) is 0. The van der Waals surface area contributed by atoms with Crippen molar-refractivity contribution in [2.24, 2.45) is 4.99 Å². The van der Waals surface area contributed by atoms with Gasteiger partial charge >= 0.3 is 6.18 Å². The van der Waals surface area contributed by atoms with Gasteiger partial charge in [-0.2, -0.15) is 13.2 Å². The molecule has 1 aliphatic heterocycles. The summed E-state index contributed by atoms with van der Waals surface area (Å²) in [4.78, 5) is 8.57. The molecule has 4 rings (SSSR count). The van der Waals surface area contributed by atoms with Gasteiger partial charge < -0.3 is 4.74 Å². The number of pyridine rings is 1. The zero-order chi connectivity index (χ0) is 17.4. The Morgan fingerprint density at radius 1 is 1.08 bits per heavy atom. The summed E-state index contributed by atoms with van der Waals surface area (Å²) in [7, 11) is 0. The largest absolute Gasteiger partial charge is 0.488 e. The summed E-state index contributed by atoms with van der Waals surface area (Å²) >= 11 is 0. The van der Waals surface area contributed by atoms with Crippen LogP contribution in [0.4, 0.5) is 18.9 Å². The van der Waals surface area contributed by atoms with Crippen molar-refractivity contribution in [2.75, 3.05) is 0 Å². The topological polar surface area (TPSA) is 34.5 Å². The highest BCUT2D eigenvalue weighted by atomic mass is 19.4. The van der Waals surface area contributed by atoms with Crippen LogP contribution in [0.2, 0.25) is 0 Å². The molecule has 0 N–H and O–H groups in total. The molecule has 1 fully saturated rings. The lowest BCUT2D eigenvalue weighted by molar-refractivity contribution is -0.137. The fraction of sp³-hybridized carbons (Fsp3) is 0.368. The molecule has 2 aliphatic rings. The lowest BCUT2D eigenvalue weighted by Crippen LogP contribution is -2.14. The van der Waals surface area contributed by atoms with Crippen molar-refractivity contribution in [3.63, 3.8) is 0 Å². The Hall–Kier alpha value is -2.37. The maximum absolute atomic E-state index is 12.9. The fourth-order valence-electron chi connectivity index (χ4n) is 3.41. The standard InChI is InChI=1S/C19H17F3N2O/c20-19(21,22)13-6-5-12-9-17(24-16(12)10-13)15-7-8-23-11-18(15)25-14-3-1-2-4-14/h5-8,10-11,14H,1-4,9H2. The molecular formula is C19H17F3N2O. The first-order valence-electron chi connectivity index (χ1n) is 8.39. The minimum Gasteiger partial charge on any atom is -0.488 e. The zero-order valence-corrected chi connectivity index (χ0v) is 13.5. The van der Waals surface area contributed by atoms with E-state index in [4.69, 9.17) is 4.74 Å². The molecule has 1 aliphatic carbocycles. The van der Waals surface area contributed by atoms with E-state index in [9.17, 15) is 13.2 Å². The maximum atomic E-state index is 12.9. The summed E-state index contributed by atoms with van der Waals surface area (Å²) < 4.78 is 44.7. The number of halogens is 3. The van der Waals surface area contributed by atoms with Crippen LogP contribution in [-0.2, 0) is 12.6 Å². The first kappa shape index (κ1) is 16.1. The molecule has 0 amide bonds. The summed E-state index contributed by atoms with van der Waals surface area (Å²) in [5.41, 5.74) is 2.05. The van der Waals surface area contributed by atoms with Crippen molar-refractivity contribution < 1.29 is 17.9 Å². The number of nitrogens with zero attached hydrogens (tertiary/aromatic N) is 2. The van der Waals surface area contributed by atoms with E-state index < -0.39 is 11.7 Å². The average molecular weight is 346 g/mol. The highest BCUT2D eigenvalue weighted by Gasteiger charge is 2.32. The Balaban J connectivity index is 1.64. The van der Waals surface area contributed by atoms with Gasteiger partial charge in [0.1, 0.15) is 5.75 Å². The number of ether oxygens (including phenoxy) is 1. The normalized spacial score (nSPS) is 17.5. The van der Waals surface area contributed by atoms with E-state index in [1.807, 2.05) is 6.07 Å². The Labute approximate surface area is 143 Å². The van der Waals surface area contributed by atoms with Crippen LogP contribution in [-0.4, -0.2) is 16.8 Å². The third-order valence-corrected chi connectivity index (χ3v) is 4.72. The number of hydrogen-bond acceptors (Lipinski definition) is 3. The molecule has 0 spiro atoms. The van der Waals surface area contributed by atoms with Crippen molar-refractivity contribution in [2.45, 2.75) is 44.4 Å². The fourth-order valence-corrected chi connectivity index (χ4v) is 3.41. The third kappa shape index (κ3) is 3.25. The number of rotatable bonds is 3.